The van der Waals surface area contributed by atoms with Crippen LogP contribution in [0.2, 0.25) is 0 Å². The number of amides is 1. The molecule has 0 saturated carbocycles. The summed E-state index contributed by atoms with van der Waals surface area (Å²) in [6, 6.07) is 6.72. The number of nitrogens with one attached hydrogen (secondary N) is 1. The number of carbonyl (C=O) groups excluding carboxylic acids is 1. The first-order valence-corrected chi connectivity index (χ1v) is 7.02. The Kier molecular flexibility index (Phi) is 3.51. The molecule has 1 N–H and O–H groups in total. The molecule has 2 aliphatic rings. The summed E-state index contributed by atoms with van der Waals surface area (Å²) < 4.78 is 13.3. The molecule has 0 radical (unpaired) electrons. The van der Waals surface area contributed by atoms with E-state index in [2.05, 4.69) is 5.32 Å². The van der Waals surface area contributed by atoms with E-state index in [9.17, 15) is 9.18 Å². The maximum absolute atomic E-state index is 13.3. The molecule has 1 aromatic carbocycles. The summed E-state index contributed by atoms with van der Waals surface area (Å²) in [5.74, 6) is 0.116. The van der Waals surface area contributed by atoms with Crippen molar-refractivity contribution in [3.05, 3.63) is 35.6 Å². The Morgan fingerprint density at radius 3 is 3.00 bits per heavy atom. The maximum atomic E-state index is 13.3. The molecule has 1 amide bonds. The number of hydrogen-bond acceptors (Lipinski definition) is 2. The van der Waals surface area contributed by atoms with Crippen molar-refractivity contribution >= 4 is 5.91 Å². The lowest BCUT2D eigenvalue weighted by Crippen LogP contribution is -2.36. The molecule has 2 unspecified atom stereocenters. The fourth-order valence-electron chi connectivity index (χ4n) is 3.19. The lowest BCUT2D eigenvalue weighted by Gasteiger charge is -2.27. The summed E-state index contributed by atoms with van der Waals surface area (Å²) in [5.41, 5.74) is 0.928. The van der Waals surface area contributed by atoms with Crippen molar-refractivity contribution < 1.29 is 9.18 Å². The van der Waals surface area contributed by atoms with Crippen LogP contribution in [0, 0.1) is 11.7 Å². The molecule has 2 atom stereocenters. The third-order valence-electron chi connectivity index (χ3n) is 4.18. The van der Waals surface area contributed by atoms with Gasteiger partial charge in [0.2, 0.25) is 5.91 Å². The van der Waals surface area contributed by atoms with Crippen molar-refractivity contribution in [2.45, 2.75) is 25.3 Å². The van der Waals surface area contributed by atoms with Gasteiger partial charge in [0.1, 0.15) is 5.82 Å². The molecule has 2 heterocycles. The lowest BCUT2D eigenvalue weighted by molar-refractivity contribution is -0.135. The Balaban J connectivity index is 1.79. The van der Waals surface area contributed by atoms with E-state index in [-0.39, 0.29) is 23.7 Å². The number of hydrogen-bond donors (Lipinski definition) is 1. The largest absolute Gasteiger partial charge is 0.335 e. The number of halogens is 1. The zero-order chi connectivity index (χ0) is 13.2. The fraction of sp³-hybridized carbons (Fsp3) is 0.533. The zero-order valence-electron chi connectivity index (χ0n) is 10.9. The fourth-order valence-corrected chi connectivity index (χ4v) is 3.19. The molecule has 2 saturated heterocycles. The van der Waals surface area contributed by atoms with Crippen LogP contribution in [0.1, 0.15) is 30.9 Å². The number of likely N-dealkylation sites (tertiary alicyclic amines) is 1. The van der Waals surface area contributed by atoms with E-state index in [1.807, 2.05) is 11.0 Å². The third-order valence-corrected chi connectivity index (χ3v) is 4.18. The van der Waals surface area contributed by atoms with E-state index in [1.165, 1.54) is 6.07 Å². The normalized spacial score (nSPS) is 26.9. The van der Waals surface area contributed by atoms with Gasteiger partial charge in [-0.2, -0.15) is 0 Å². The van der Waals surface area contributed by atoms with Gasteiger partial charge in [0.05, 0.1) is 12.0 Å². The summed E-state index contributed by atoms with van der Waals surface area (Å²) in [4.78, 5) is 14.5. The van der Waals surface area contributed by atoms with E-state index in [4.69, 9.17) is 0 Å². The number of benzene rings is 1. The molecule has 0 bridgehead atoms. The average Bonchev–Trinajstić information content (AvgIpc) is 3.09. The van der Waals surface area contributed by atoms with Gasteiger partial charge in [0.25, 0.3) is 0 Å². The molecule has 2 fully saturated rings. The van der Waals surface area contributed by atoms with E-state index in [1.54, 1.807) is 12.1 Å². The van der Waals surface area contributed by atoms with Crippen molar-refractivity contribution in [1.82, 2.24) is 10.2 Å². The molecule has 0 spiro atoms. The highest BCUT2D eigenvalue weighted by molar-refractivity contribution is 5.80. The first kappa shape index (κ1) is 12.6. The number of carbonyl (C=O) groups is 1. The van der Waals surface area contributed by atoms with Gasteiger partial charge in [-0.15, -0.1) is 0 Å². The third kappa shape index (κ3) is 2.50. The monoisotopic (exact) mass is 262 g/mol. The Morgan fingerprint density at radius 2 is 2.26 bits per heavy atom. The highest BCUT2D eigenvalue weighted by atomic mass is 19.1. The molecule has 3 nitrogen and oxygen atoms in total. The van der Waals surface area contributed by atoms with Gasteiger partial charge in [-0.3, -0.25) is 4.79 Å². The highest BCUT2D eigenvalue weighted by Gasteiger charge is 2.34. The van der Waals surface area contributed by atoms with Crippen LogP contribution in [0.4, 0.5) is 4.39 Å². The molecule has 1 aromatic rings. The molecule has 19 heavy (non-hydrogen) atoms. The minimum absolute atomic E-state index is 0.0591. The van der Waals surface area contributed by atoms with Crippen LogP contribution in [0.5, 0.6) is 0 Å². The summed E-state index contributed by atoms with van der Waals surface area (Å²) in [6.45, 7) is 2.51. The molecular formula is C15H19FN2O. The van der Waals surface area contributed by atoms with E-state index in [0.29, 0.717) is 0 Å². The van der Waals surface area contributed by atoms with Crippen LogP contribution in [-0.4, -0.2) is 30.4 Å². The molecule has 3 rings (SSSR count). The molecule has 4 heteroatoms. The Morgan fingerprint density at radius 1 is 1.37 bits per heavy atom. The van der Waals surface area contributed by atoms with Gasteiger partial charge in [0, 0.05) is 13.1 Å². The lowest BCUT2D eigenvalue weighted by atomic mass is 10.0. The maximum Gasteiger partial charge on any atom is 0.227 e. The quantitative estimate of drug-likeness (QED) is 0.885. The van der Waals surface area contributed by atoms with Crippen LogP contribution in [0.3, 0.4) is 0 Å². The molecule has 2 aliphatic heterocycles. The molecular weight excluding hydrogens is 243 g/mol. The first-order chi connectivity index (χ1) is 9.25. The van der Waals surface area contributed by atoms with Crippen molar-refractivity contribution in [2.24, 2.45) is 5.92 Å². The van der Waals surface area contributed by atoms with Crippen LogP contribution in [0.15, 0.2) is 24.3 Å². The van der Waals surface area contributed by atoms with Crippen molar-refractivity contribution in [3.63, 3.8) is 0 Å². The topological polar surface area (TPSA) is 32.3 Å². The van der Waals surface area contributed by atoms with E-state index in [0.717, 1.165) is 44.5 Å². The molecule has 0 aliphatic carbocycles. The minimum atomic E-state index is -0.223. The smallest absolute Gasteiger partial charge is 0.227 e. The minimum Gasteiger partial charge on any atom is -0.335 e. The summed E-state index contributed by atoms with van der Waals surface area (Å²) >= 11 is 0. The van der Waals surface area contributed by atoms with Crippen LogP contribution >= 0.6 is 0 Å². The second kappa shape index (κ2) is 5.29. The number of nitrogens with zero attached hydrogens (tertiary/aromatic N) is 1. The second-order valence-corrected chi connectivity index (χ2v) is 5.43. The van der Waals surface area contributed by atoms with E-state index >= 15 is 0 Å². The van der Waals surface area contributed by atoms with Crippen molar-refractivity contribution in [1.29, 1.82) is 0 Å². The SMILES string of the molecule is O=C(C1CCNC1)N1CCCC1c1cccc(F)c1. The molecule has 102 valence electrons. The van der Waals surface area contributed by atoms with Crippen LogP contribution in [-0.2, 0) is 4.79 Å². The van der Waals surface area contributed by atoms with Gasteiger partial charge < -0.3 is 10.2 Å². The Labute approximate surface area is 112 Å². The zero-order valence-corrected chi connectivity index (χ0v) is 10.9. The van der Waals surface area contributed by atoms with Crippen LogP contribution < -0.4 is 5.32 Å². The number of rotatable bonds is 2. The standard InChI is InChI=1S/C15H19FN2O/c16-13-4-1-3-11(9-13)14-5-2-8-18(14)15(19)12-6-7-17-10-12/h1,3-4,9,12,14,17H,2,5-8,10H2. The predicted octanol–water partition coefficient (Wildman–Crippen LogP) is 2.10. The Bertz CT molecular complexity index is 471. The predicted molar refractivity (Wildman–Crippen MR) is 71.1 cm³/mol. The van der Waals surface area contributed by atoms with Gasteiger partial charge in [-0.1, -0.05) is 12.1 Å². The van der Waals surface area contributed by atoms with Gasteiger partial charge >= 0.3 is 0 Å². The summed E-state index contributed by atoms with van der Waals surface area (Å²) in [7, 11) is 0. The second-order valence-electron chi connectivity index (χ2n) is 5.43. The highest BCUT2D eigenvalue weighted by Crippen LogP contribution is 2.33. The van der Waals surface area contributed by atoms with Crippen molar-refractivity contribution in [3.8, 4) is 0 Å². The Hall–Kier alpha value is -1.42. The van der Waals surface area contributed by atoms with Gasteiger partial charge in [-0.05, 0) is 43.5 Å². The molecule has 0 aromatic heterocycles. The van der Waals surface area contributed by atoms with Crippen molar-refractivity contribution in [2.75, 3.05) is 19.6 Å². The summed E-state index contributed by atoms with van der Waals surface area (Å²) in [5, 5.41) is 3.23. The summed E-state index contributed by atoms with van der Waals surface area (Å²) in [6.07, 6.45) is 2.87. The van der Waals surface area contributed by atoms with Gasteiger partial charge in [0.15, 0.2) is 0 Å². The van der Waals surface area contributed by atoms with Crippen LogP contribution in [0.25, 0.3) is 0 Å². The first-order valence-electron chi connectivity index (χ1n) is 7.02. The van der Waals surface area contributed by atoms with E-state index < -0.39 is 0 Å². The van der Waals surface area contributed by atoms with Gasteiger partial charge in [-0.25, -0.2) is 4.39 Å². The average molecular weight is 262 g/mol.